The number of aryl methyl sites for hydroxylation is 1. The monoisotopic (exact) mass is 378 g/mol. The topological polar surface area (TPSA) is 58.2 Å². The van der Waals surface area contributed by atoms with Crippen molar-refractivity contribution in [3.63, 3.8) is 0 Å². The molecule has 0 heterocycles. The van der Waals surface area contributed by atoms with Crippen molar-refractivity contribution in [1.82, 2.24) is 5.32 Å². The van der Waals surface area contributed by atoms with Gasteiger partial charge < -0.3 is 10.6 Å². The summed E-state index contributed by atoms with van der Waals surface area (Å²) in [5, 5.41) is 5.30. The molecule has 0 atom stereocenters. The highest BCUT2D eigenvalue weighted by atomic mass is 79.9. The van der Waals surface area contributed by atoms with E-state index in [0.717, 1.165) is 15.6 Å². The van der Waals surface area contributed by atoms with Crippen molar-refractivity contribution < 1.29 is 14.0 Å². The molecular weight excluding hydrogens is 363 g/mol. The number of halogens is 2. The van der Waals surface area contributed by atoms with Crippen LogP contribution in [0.15, 0.2) is 46.9 Å². The van der Waals surface area contributed by atoms with Crippen molar-refractivity contribution in [2.24, 2.45) is 0 Å². The quantitative estimate of drug-likeness (QED) is 0.781. The van der Waals surface area contributed by atoms with Crippen molar-refractivity contribution in [2.75, 3.05) is 5.32 Å². The van der Waals surface area contributed by atoms with Gasteiger partial charge in [-0.05, 0) is 58.2 Å². The van der Waals surface area contributed by atoms with Crippen LogP contribution < -0.4 is 10.6 Å². The number of carbonyl (C=O) groups is 2. The van der Waals surface area contributed by atoms with Crippen LogP contribution in [-0.2, 0) is 16.1 Å². The van der Waals surface area contributed by atoms with Crippen molar-refractivity contribution in [2.45, 2.75) is 19.9 Å². The first-order chi connectivity index (χ1) is 10.9. The summed E-state index contributed by atoms with van der Waals surface area (Å²) in [7, 11) is 0. The number of hydrogen-bond acceptors (Lipinski definition) is 2. The summed E-state index contributed by atoms with van der Waals surface area (Å²) in [4.78, 5) is 23.6. The van der Waals surface area contributed by atoms with Gasteiger partial charge >= 0.3 is 0 Å². The molecule has 4 nitrogen and oxygen atoms in total. The van der Waals surface area contributed by atoms with E-state index in [0.29, 0.717) is 5.69 Å². The lowest BCUT2D eigenvalue weighted by atomic mass is 10.2. The first kappa shape index (κ1) is 17.1. The van der Waals surface area contributed by atoms with Gasteiger partial charge in [0.15, 0.2) is 0 Å². The third-order valence-electron chi connectivity index (χ3n) is 3.12. The van der Waals surface area contributed by atoms with Crippen LogP contribution >= 0.6 is 15.9 Å². The zero-order chi connectivity index (χ0) is 16.8. The molecule has 0 aliphatic heterocycles. The maximum Gasteiger partial charge on any atom is 0.233 e. The molecule has 2 amide bonds. The van der Waals surface area contributed by atoms with E-state index in [1.807, 2.05) is 19.1 Å². The summed E-state index contributed by atoms with van der Waals surface area (Å²) in [5.41, 5.74) is 2.44. The van der Waals surface area contributed by atoms with Crippen molar-refractivity contribution in [1.29, 1.82) is 0 Å². The Bertz CT molecular complexity index is 717. The largest absolute Gasteiger partial charge is 0.352 e. The minimum atomic E-state index is -0.397. The minimum absolute atomic E-state index is 0.251. The molecule has 2 rings (SSSR count). The van der Waals surface area contributed by atoms with E-state index in [4.69, 9.17) is 0 Å². The zero-order valence-corrected chi connectivity index (χ0v) is 14.1. The summed E-state index contributed by atoms with van der Waals surface area (Å²) in [5.74, 6) is -1.12. The second-order valence-corrected chi connectivity index (χ2v) is 5.97. The smallest absolute Gasteiger partial charge is 0.233 e. The van der Waals surface area contributed by atoms with Gasteiger partial charge in [0.25, 0.3) is 0 Å². The predicted molar refractivity (Wildman–Crippen MR) is 90.4 cm³/mol. The fourth-order valence-electron chi connectivity index (χ4n) is 1.93. The van der Waals surface area contributed by atoms with E-state index in [-0.39, 0.29) is 18.8 Å². The lowest BCUT2D eigenvalue weighted by Gasteiger charge is -2.09. The summed E-state index contributed by atoms with van der Waals surface area (Å²) < 4.78 is 13.5. The third kappa shape index (κ3) is 5.49. The third-order valence-corrected chi connectivity index (χ3v) is 3.78. The molecule has 120 valence electrons. The van der Waals surface area contributed by atoms with Gasteiger partial charge in [-0.15, -0.1) is 0 Å². The Kier molecular flexibility index (Phi) is 5.87. The van der Waals surface area contributed by atoms with E-state index in [2.05, 4.69) is 26.6 Å². The van der Waals surface area contributed by atoms with Crippen LogP contribution in [0.25, 0.3) is 0 Å². The highest BCUT2D eigenvalue weighted by molar-refractivity contribution is 9.10. The number of hydrogen-bond donors (Lipinski definition) is 2. The molecule has 2 aromatic rings. The highest BCUT2D eigenvalue weighted by Gasteiger charge is 2.11. The van der Waals surface area contributed by atoms with E-state index in [1.54, 1.807) is 18.2 Å². The molecule has 0 aliphatic rings. The maximum atomic E-state index is 12.8. The Morgan fingerprint density at radius 1 is 1.09 bits per heavy atom. The van der Waals surface area contributed by atoms with Gasteiger partial charge in [0, 0.05) is 11.0 Å². The predicted octanol–water partition coefficient (Wildman–Crippen LogP) is 3.54. The Hall–Kier alpha value is -2.21. The minimum Gasteiger partial charge on any atom is -0.352 e. The molecule has 0 aromatic heterocycles. The SMILES string of the molecule is Cc1ccc(NC(=O)CC(=O)NCc2ccc(F)cc2)c(Br)c1. The van der Waals surface area contributed by atoms with Crippen molar-refractivity contribution in [3.8, 4) is 0 Å². The molecular formula is C17H16BrFN2O2. The van der Waals surface area contributed by atoms with Gasteiger partial charge in [0.05, 0.1) is 5.69 Å². The number of anilines is 1. The summed E-state index contributed by atoms with van der Waals surface area (Å²) in [6, 6.07) is 11.3. The highest BCUT2D eigenvalue weighted by Crippen LogP contribution is 2.23. The number of rotatable bonds is 5. The lowest BCUT2D eigenvalue weighted by Crippen LogP contribution is -2.27. The van der Waals surface area contributed by atoms with E-state index >= 15 is 0 Å². The van der Waals surface area contributed by atoms with Crippen LogP contribution in [0.5, 0.6) is 0 Å². The molecule has 0 spiro atoms. The van der Waals surface area contributed by atoms with Crippen LogP contribution in [0.1, 0.15) is 17.5 Å². The first-order valence-corrected chi connectivity index (χ1v) is 7.80. The van der Waals surface area contributed by atoms with Gasteiger partial charge in [0.1, 0.15) is 12.2 Å². The van der Waals surface area contributed by atoms with Crippen LogP contribution in [0, 0.1) is 12.7 Å². The average Bonchev–Trinajstić information content (AvgIpc) is 2.49. The molecule has 0 bridgehead atoms. The molecule has 6 heteroatoms. The van der Waals surface area contributed by atoms with Crippen LogP contribution in [-0.4, -0.2) is 11.8 Å². The Morgan fingerprint density at radius 3 is 2.43 bits per heavy atom. The average molecular weight is 379 g/mol. The fourth-order valence-corrected chi connectivity index (χ4v) is 2.52. The molecule has 2 N–H and O–H groups in total. The summed E-state index contributed by atoms with van der Waals surface area (Å²) >= 11 is 3.36. The Labute approximate surface area is 142 Å². The summed E-state index contributed by atoms with van der Waals surface area (Å²) in [6.07, 6.45) is -0.276. The van der Waals surface area contributed by atoms with Crippen molar-refractivity contribution >= 4 is 33.4 Å². The second kappa shape index (κ2) is 7.87. The molecule has 0 fully saturated rings. The lowest BCUT2D eigenvalue weighted by molar-refractivity contribution is -0.126. The fraction of sp³-hybridized carbons (Fsp3) is 0.176. The standard InChI is InChI=1S/C17H16BrFN2O2/c1-11-2-7-15(14(18)8-11)21-17(23)9-16(22)20-10-12-3-5-13(19)6-4-12/h2-8H,9-10H2,1H3,(H,20,22)(H,21,23). The van der Waals surface area contributed by atoms with Gasteiger partial charge in [-0.25, -0.2) is 4.39 Å². The number of carbonyl (C=O) groups excluding carboxylic acids is 2. The van der Waals surface area contributed by atoms with Gasteiger partial charge in [-0.3, -0.25) is 9.59 Å². The Balaban J connectivity index is 1.82. The van der Waals surface area contributed by atoms with Crippen molar-refractivity contribution in [3.05, 3.63) is 63.9 Å². The molecule has 0 aliphatic carbocycles. The van der Waals surface area contributed by atoms with Gasteiger partial charge in [-0.1, -0.05) is 18.2 Å². The molecule has 0 saturated carbocycles. The van der Waals surface area contributed by atoms with E-state index < -0.39 is 11.8 Å². The molecule has 0 unspecified atom stereocenters. The van der Waals surface area contributed by atoms with E-state index in [9.17, 15) is 14.0 Å². The van der Waals surface area contributed by atoms with Crippen LogP contribution in [0.2, 0.25) is 0 Å². The first-order valence-electron chi connectivity index (χ1n) is 7.01. The van der Waals surface area contributed by atoms with Gasteiger partial charge in [-0.2, -0.15) is 0 Å². The Morgan fingerprint density at radius 2 is 1.78 bits per heavy atom. The maximum absolute atomic E-state index is 12.8. The number of benzene rings is 2. The van der Waals surface area contributed by atoms with Crippen LogP contribution in [0.3, 0.4) is 0 Å². The normalized spacial score (nSPS) is 10.2. The molecule has 23 heavy (non-hydrogen) atoms. The number of nitrogens with one attached hydrogen (secondary N) is 2. The molecule has 0 saturated heterocycles. The molecule has 2 aromatic carbocycles. The second-order valence-electron chi connectivity index (χ2n) is 5.11. The van der Waals surface area contributed by atoms with Gasteiger partial charge in [0.2, 0.25) is 11.8 Å². The van der Waals surface area contributed by atoms with E-state index in [1.165, 1.54) is 12.1 Å². The number of amides is 2. The zero-order valence-electron chi connectivity index (χ0n) is 12.5. The summed E-state index contributed by atoms with van der Waals surface area (Å²) in [6.45, 7) is 2.19. The molecule has 0 radical (unpaired) electrons. The van der Waals surface area contributed by atoms with Crippen LogP contribution in [0.4, 0.5) is 10.1 Å².